The van der Waals surface area contributed by atoms with E-state index in [9.17, 15) is 0 Å². The van der Waals surface area contributed by atoms with Crippen molar-refractivity contribution in [3.63, 3.8) is 0 Å². The molecular formula is C16H28N2. The highest BCUT2D eigenvalue weighted by atomic mass is 15.2. The Kier molecular flexibility index (Phi) is 6.37. The number of benzene rings is 1. The van der Waals surface area contributed by atoms with Crippen LogP contribution in [0.25, 0.3) is 0 Å². The maximum atomic E-state index is 3.62. The van der Waals surface area contributed by atoms with Crippen LogP contribution < -0.4 is 5.32 Å². The molecule has 2 heteroatoms. The normalized spacial score (nSPS) is 14.8. The summed E-state index contributed by atoms with van der Waals surface area (Å²) >= 11 is 0. The molecule has 1 aromatic rings. The number of nitrogens with zero attached hydrogens (tertiary/aromatic N) is 1. The fourth-order valence-electron chi connectivity index (χ4n) is 2.37. The van der Waals surface area contributed by atoms with Crippen molar-refractivity contribution < 1.29 is 0 Å². The molecule has 0 aliphatic heterocycles. The molecule has 18 heavy (non-hydrogen) atoms. The summed E-state index contributed by atoms with van der Waals surface area (Å²) in [7, 11) is 2.21. The Hall–Kier alpha value is -0.860. The van der Waals surface area contributed by atoms with Crippen molar-refractivity contribution in [3.05, 3.63) is 35.4 Å². The molecule has 1 N–H and O–H groups in total. The summed E-state index contributed by atoms with van der Waals surface area (Å²) in [6.45, 7) is 11.0. The van der Waals surface area contributed by atoms with Gasteiger partial charge in [0.1, 0.15) is 0 Å². The summed E-state index contributed by atoms with van der Waals surface area (Å²) in [6, 6.07) is 9.82. The highest BCUT2D eigenvalue weighted by molar-refractivity contribution is 5.25. The predicted octanol–water partition coefficient (Wildman–Crippen LogP) is 3.38. The van der Waals surface area contributed by atoms with E-state index >= 15 is 0 Å². The van der Waals surface area contributed by atoms with Crippen LogP contribution in [-0.2, 0) is 0 Å². The molecule has 2 nitrogen and oxygen atoms in total. The molecule has 1 aromatic carbocycles. The molecule has 0 aliphatic rings. The molecule has 0 saturated heterocycles. The molecule has 0 aromatic heterocycles. The predicted molar refractivity (Wildman–Crippen MR) is 80.0 cm³/mol. The Morgan fingerprint density at radius 2 is 1.78 bits per heavy atom. The Morgan fingerprint density at radius 3 is 2.28 bits per heavy atom. The SMILES string of the molecule is CCCN(C)C(C)C(NCC)c1ccc(C)cc1. The van der Waals surface area contributed by atoms with Gasteiger partial charge in [0.25, 0.3) is 0 Å². The molecule has 0 fully saturated rings. The summed E-state index contributed by atoms with van der Waals surface area (Å²) in [5, 5.41) is 3.62. The highest BCUT2D eigenvalue weighted by Crippen LogP contribution is 2.21. The fourth-order valence-corrected chi connectivity index (χ4v) is 2.37. The van der Waals surface area contributed by atoms with E-state index in [0.717, 1.165) is 13.1 Å². The van der Waals surface area contributed by atoms with Gasteiger partial charge in [-0.25, -0.2) is 0 Å². The van der Waals surface area contributed by atoms with Crippen LogP contribution in [-0.4, -0.2) is 31.1 Å². The molecule has 2 unspecified atom stereocenters. The van der Waals surface area contributed by atoms with E-state index < -0.39 is 0 Å². The highest BCUT2D eigenvalue weighted by Gasteiger charge is 2.21. The quantitative estimate of drug-likeness (QED) is 0.796. The van der Waals surface area contributed by atoms with E-state index in [1.165, 1.54) is 17.5 Å². The van der Waals surface area contributed by atoms with Gasteiger partial charge in [-0.2, -0.15) is 0 Å². The van der Waals surface area contributed by atoms with Gasteiger partial charge in [-0.3, -0.25) is 0 Å². The standard InChI is InChI=1S/C16H28N2/c1-6-12-18(5)14(4)16(17-7-2)15-10-8-13(3)9-11-15/h8-11,14,16-17H,6-7,12H2,1-5H3. The third-order valence-electron chi connectivity index (χ3n) is 3.61. The molecule has 0 heterocycles. The molecule has 0 amide bonds. The summed E-state index contributed by atoms with van der Waals surface area (Å²) in [4.78, 5) is 2.44. The minimum Gasteiger partial charge on any atom is -0.309 e. The van der Waals surface area contributed by atoms with E-state index in [-0.39, 0.29) is 0 Å². The smallest absolute Gasteiger partial charge is 0.0475 e. The zero-order valence-corrected chi connectivity index (χ0v) is 12.5. The molecule has 0 aliphatic carbocycles. The first-order valence-electron chi connectivity index (χ1n) is 7.10. The van der Waals surface area contributed by atoms with Gasteiger partial charge in [0.05, 0.1) is 0 Å². The van der Waals surface area contributed by atoms with Crippen LogP contribution in [0.5, 0.6) is 0 Å². The molecule has 0 radical (unpaired) electrons. The topological polar surface area (TPSA) is 15.3 Å². The first kappa shape index (κ1) is 15.2. The number of nitrogens with one attached hydrogen (secondary N) is 1. The van der Waals surface area contributed by atoms with Crippen LogP contribution in [0.15, 0.2) is 24.3 Å². The van der Waals surface area contributed by atoms with Gasteiger partial charge in [0.2, 0.25) is 0 Å². The summed E-state index contributed by atoms with van der Waals surface area (Å²) in [5.74, 6) is 0. The second kappa shape index (κ2) is 7.55. The fraction of sp³-hybridized carbons (Fsp3) is 0.625. The van der Waals surface area contributed by atoms with E-state index in [4.69, 9.17) is 0 Å². The van der Waals surface area contributed by atoms with Crippen molar-refractivity contribution in [2.24, 2.45) is 0 Å². The minimum atomic E-state index is 0.409. The first-order valence-corrected chi connectivity index (χ1v) is 7.10. The van der Waals surface area contributed by atoms with Gasteiger partial charge in [-0.1, -0.05) is 43.7 Å². The first-order chi connectivity index (χ1) is 8.60. The van der Waals surface area contributed by atoms with Crippen LogP contribution in [0.4, 0.5) is 0 Å². The van der Waals surface area contributed by atoms with Crippen molar-refractivity contribution in [1.82, 2.24) is 10.2 Å². The zero-order chi connectivity index (χ0) is 13.5. The monoisotopic (exact) mass is 248 g/mol. The third-order valence-corrected chi connectivity index (χ3v) is 3.61. The average Bonchev–Trinajstić information content (AvgIpc) is 2.37. The van der Waals surface area contributed by atoms with Crippen LogP contribution >= 0.6 is 0 Å². The Balaban J connectivity index is 2.84. The molecule has 2 atom stereocenters. The van der Waals surface area contributed by atoms with Crippen molar-refractivity contribution >= 4 is 0 Å². The number of hydrogen-bond acceptors (Lipinski definition) is 2. The third kappa shape index (κ3) is 4.11. The van der Waals surface area contributed by atoms with Crippen LogP contribution in [0.3, 0.4) is 0 Å². The summed E-state index contributed by atoms with van der Waals surface area (Å²) in [6.07, 6.45) is 1.20. The lowest BCUT2D eigenvalue weighted by atomic mass is 9.98. The van der Waals surface area contributed by atoms with Crippen LogP contribution in [0, 0.1) is 6.92 Å². The molecule has 1 rings (SSSR count). The van der Waals surface area contributed by atoms with E-state index in [1.807, 2.05) is 0 Å². The number of aryl methyl sites for hydroxylation is 1. The van der Waals surface area contributed by atoms with Crippen molar-refractivity contribution in [3.8, 4) is 0 Å². The zero-order valence-electron chi connectivity index (χ0n) is 12.5. The number of rotatable bonds is 7. The van der Waals surface area contributed by atoms with Crippen molar-refractivity contribution in [2.75, 3.05) is 20.1 Å². The maximum Gasteiger partial charge on any atom is 0.0475 e. The lowest BCUT2D eigenvalue weighted by molar-refractivity contribution is 0.208. The van der Waals surface area contributed by atoms with Crippen molar-refractivity contribution in [1.29, 1.82) is 0 Å². The van der Waals surface area contributed by atoms with Gasteiger partial charge in [0.15, 0.2) is 0 Å². The van der Waals surface area contributed by atoms with Gasteiger partial charge in [-0.05, 0) is 46.0 Å². The molecule has 0 bridgehead atoms. The van der Waals surface area contributed by atoms with E-state index in [2.05, 4.69) is 69.2 Å². The second-order valence-electron chi connectivity index (χ2n) is 5.17. The Bertz CT molecular complexity index is 331. The van der Waals surface area contributed by atoms with Gasteiger partial charge in [0, 0.05) is 12.1 Å². The summed E-state index contributed by atoms with van der Waals surface area (Å²) in [5.41, 5.74) is 2.71. The van der Waals surface area contributed by atoms with E-state index in [1.54, 1.807) is 0 Å². The maximum absolute atomic E-state index is 3.62. The van der Waals surface area contributed by atoms with Gasteiger partial charge < -0.3 is 10.2 Å². The lowest BCUT2D eigenvalue weighted by Gasteiger charge is -2.32. The lowest BCUT2D eigenvalue weighted by Crippen LogP contribution is -2.41. The average molecular weight is 248 g/mol. The number of hydrogen-bond donors (Lipinski definition) is 1. The number of likely N-dealkylation sites (N-methyl/N-ethyl adjacent to an activating group) is 2. The molecular weight excluding hydrogens is 220 g/mol. The minimum absolute atomic E-state index is 0.409. The van der Waals surface area contributed by atoms with Gasteiger partial charge in [-0.15, -0.1) is 0 Å². The Labute approximate surface area is 112 Å². The second-order valence-corrected chi connectivity index (χ2v) is 5.17. The summed E-state index contributed by atoms with van der Waals surface area (Å²) < 4.78 is 0. The van der Waals surface area contributed by atoms with Crippen molar-refractivity contribution in [2.45, 2.75) is 46.2 Å². The Morgan fingerprint density at radius 1 is 1.17 bits per heavy atom. The van der Waals surface area contributed by atoms with Crippen LogP contribution in [0.1, 0.15) is 44.4 Å². The van der Waals surface area contributed by atoms with Gasteiger partial charge >= 0.3 is 0 Å². The molecule has 102 valence electrons. The van der Waals surface area contributed by atoms with Crippen LogP contribution in [0.2, 0.25) is 0 Å². The largest absolute Gasteiger partial charge is 0.309 e. The molecule has 0 spiro atoms. The van der Waals surface area contributed by atoms with E-state index in [0.29, 0.717) is 12.1 Å². The molecule has 0 saturated carbocycles.